The Balaban J connectivity index is 2.16. The molecule has 2 atom stereocenters. The molecule has 0 bridgehead atoms. The lowest BCUT2D eigenvalue weighted by Gasteiger charge is -2.38. The van der Waals surface area contributed by atoms with E-state index < -0.39 is 23.3 Å². The molecule has 2 N–H and O–H groups in total. The first-order valence-electron chi connectivity index (χ1n) is 11.0. The summed E-state index contributed by atoms with van der Waals surface area (Å²) in [7, 11) is 0. The van der Waals surface area contributed by atoms with Gasteiger partial charge in [-0.2, -0.15) is 0 Å². The van der Waals surface area contributed by atoms with Gasteiger partial charge < -0.3 is 10.2 Å². The molecule has 0 spiro atoms. The Morgan fingerprint density at radius 2 is 1.31 bits per heavy atom. The third kappa shape index (κ3) is 7.67. The van der Waals surface area contributed by atoms with Crippen molar-refractivity contribution in [1.82, 2.24) is 0 Å². The van der Waals surface area contributed by atoms with Crippen molar-refractivity contribution >= 4 is 11.9 Å². The fourth-order valence-electron chi connectivity index (χ4n) is 4.54. The Morgan fingerprint density at radius 1 is 0.808 bits per heavy atom. The summed E-state index contributed by atoms with van der Waals surface area (Å²) in [4.78, 5) is 23.4. The van der Waals surface area contributed by atoms with Crippen molar-refractivity contribution in [1.29, 1.82) is 0 Å². The lowest BCUT2D eigenvalue weighted by atomic mass is 9.63. The van der Waals surface area contributed by atoms with Crippen molar-refractivity contribution in [2.24, 2.45) is 11.3 Å². The van der Waals surface area contributed by atoms with Crippen LogP contribution in [-0.4, -0.2) is 22.2 Å². The molecule has 0 saturated heterocycles. The maximum Gasteiger partial charge on any atom is 0.310 e. The van der Waals surface area contributed by atoms with Crippen LogP contribution < -0.4 is 0 Å². The van der Waals surface area contributed by atoms with Crippen molar-refractivity contribution in [3.63, 3.8) is 0 Å². The largest absolute Gasteiger partial charge is 0.481 e. The first-order valence-corrected chi connectivity index (χ1v) is 11.0. The second-order valence-electron chi connectivity index (χ2n) is 8.24. The number of unbranched alkanes of at least 4 members (excludes halogenated alkanes) is 11. The molecule has 1 rings (SSSR count). The van der Waals surface area contributed by atoms with E-state index in [1.807, 2.05) is 0 Å². The van der Waals surface area contributed by atoms with E-state index in [0.717, 1.165) is 32.1 Å². The molecule has 1 aliphatic carbocycles. The third-order valence-corrected chi connectivity index (χ3v) is 6.23. The van der Waals surface area contributed by atoms with Gasteiger partial charge in [-0.25, -0.2) is 0 Å². The zero-order chi connectivity index (χ0) is 19.3. The Hall–Kier alpha value is -1.06. The molecule has 0 amide bonds. The maximum atomic E-state index is 11.9. The zero-order valence-corrected chi connectivity index (χ0v) is 16.8. The molecule has 1 fully saturated rings. The van der Waals surface area contributed by atoms with Gasteiger partial charge in [0, 0.05) is 0 Å². The molecule has 26 heavy (non-hydrogen) atoms. The van der Waals surface area contributed by atoms with Crippen LogP contribution >= 0.6 is 0 Å². The molecule has 0 aromatic heterocycles. The summed E-state index contributed by atoms with van der Waals surface area (Å²) in [6, 6.07) is 0. The second-order valence-corrected chi connectivity index (χ2v) is 8.24. The quantitative estimate of drug-likeness (QED) is 0.327. The molecule has 0 heterocycles. The summed E-state index contributed by atoms with van der Waals surface area (Å²) in [5.41, 5.74) is -1.03. The minimum atomic E-state index is -1.03. The highest BCUT2D eigenvalue weighted by Crippen LogP contribution is 2.45. The van der Waals surface area contributed by atoms with Crippen molar-refractivity contribution < 1.29 is 19.8 Å². The van der Waals surface area contributed by atoms with Crippen LogP contribution in [0, 0.1) is 11.3 Å². The molecule has 0 aliphatic heterocycles. The van der Waals surface area contributed by atoms with Crippen LogP contribution in [0.1, 0.15) is 116 Å². The standard InChI is InChI=1S/C22H40O4/c1-2-3-4-5-6-7-8-9-10-11-12-14-17-22(21(25)26)18-15-13-16-19(22)20(23)24/h19H,2-18H2,1H3,(H,23,24)(H,25,26). The SMILES string of the molecule is CCCCCCCCCCCCCCC1(C(=O)O)CCCCC1C(=O)O. The number of rotatable bonds is 15. The average molecular weight is 369 g/mol. The van der Waals surface area contributed by atoms with Gasteiger partial charge in [-0.15, -0.1) is 0 Å². The monoisotopic (exact) mass is 368 g/mol. The van der Waals surface area contributed by atoms with Crippen LogP contribution in [0.5, 0.6) is 0 Å². The van der Waals surface area contributed by atoms with Crippen molar-refractivity contribution in [2.45, 2.75) is 116 Å². The maximum absolute atomic E-state index is 11.9. The van der Waals surface area contributed by atoms with Crippen LogP contribution in [0.2, 0.25) is 0 Å². The van der Waals surface area contributed by atoms with E-state index in [1.165, 1.54) is 57.8 Å². The number of aliphatic carboxylic acids is 2. The zero-order valence-electron chi connectivity index (χ0n) is 16.8. The Bertz CT molecular complexity index is 407. The predicted molar refractivity (Wildman–Crippen MR) is 105 cm³/mol. The van der Waals surface area contributed by atoms with E-state index in [4.69, 9.17) is 0 Å². The fraction of sp³-hybridized carbons (Fsp3) is 0.909. The number of hydrogen-bond acceptors (Lipinski definition) is 2. The van der Waals surface area contributed by atoms with Crippen LogP contribution in [0.15, 0.2) is 0 Å². The van der Waals surface area contributed by atoms with Gasteiger partial charge in [-0.3, -0.25) is 9.59 Å². The molecule has 1 aliphatic rings. The molecule has 0 aromatic carbocycles. The first-order chi connectivity index (χ1) is 12.5. The summed E-state index contributed by atoms with van der Waals surface area (Å²) in [5, 5.41) is 19.2. The molecule has 152 valence electrons. The number of carboxylic acid groups (broad SMARTS) is 2. The third-order valence-electron chi connectivity index (χ3n) is 6.23. The fourth-order valence-corrected chi connectivity index (χ4v) is 4.54. The van der Waals surface area contributed by atoms with Gasteiger partial charge >= 0.3 is 11.9 Å². The van der Waals surface area contributed by atoms with Gasteiger partial charge in [-0.1, -0.05) is 96.8 Å². The Labute approximate surface area is 159 Å². The minimum absolute atomic E-state index is 0.514. The van der Waals surface area contributed by atoms with Gasteiger partial charge in [0.05, 0.1) is 11.3 Å². The summed E-state index contributed by atoms with van der Waals surface area (Å²) in [5.74, 6) is -2.53. The van der Waals surface area contributed by atoms with E-state index in [-0.39, 0.29) is 0 Å². The highest BCUT2D eigenvalue weighted by molar-refractivity contribution is 5.83. The van der Waals surface area contributed by atoms with Gasteiger partial charge in [0.25, 0.3) is 0 Å². The van der Waals surface area contributed by atoms with Crippen LogP contribution in [0.3, 0.4) is 0 Å². The van der Waals surface area contributed by atoms with Crippen molar-refractivity contribution in [2.75, 3.05) is 0 Å². The first kappa shape index (κ1) is 23.0. The van der Waals surface area contributed by atoms with Gasteiger partial charge in [-0.05, 0) is 19.3 Å². The Morgan fingerprint density at radius 3 is 1.77 bits per heavy atom. The average Bonchev–Trinajstić information content (AvgIpc) is 2.62. The second kappa shape index (κ2) is 13.2. The molecular weight excluding hydrogens is 328 g/mol. The van der Waals surface area contributed by atoms with E-state index >= 15 is 0 Å². The molecule has 2 unspecified atom stereocenters. The lowest BCUT2D eigenvalue weighted by molar-refractivity contribution is -0.166. The highest BCUT2D eigenvalue weighted by Gasteiger charge is 2.50. The smallest absolute Gasteiger partial charge is 0.310 e. The van der Waals surface area contributed by atoms with E-state index in [0.29, 0.717) is 19.3 Å². The van der Waals surface area contributed by atoms with Crippen LogP contribution in [-0.2, 0) is 9.59 Å². The summed E-state index contributed by atoms with van der Waals surface area (Å²) >= 11 is 0. The predicted octanol–water partition coefficient (Wildman–Crippen LogP) is 6.42. The van der Waals surface area contributed by atoms with Gasteiger partial charge in [0.2, 0.25) is 0 Å². The van der Waals surface area contributed by atoms with E-state index in [9.17, 15) is 19.8 Å². The van der Waals surface area contributed by atoms with Crippen LogP contribution in [0.4, 0.5) is 0 Å². The summed E-state index contributed by atoms with van der Waals surface area (Å²) in [6.07, 6.45) is 18.2. The molecule has 4 heteroatoms. The molecule has 1 saturated carbocycles. The summed E-state index contributed by atoms with van der Waals surface area (Å²) < 4.78 is 0. The number of carbonyl (C=O) groups is 2. The number of carboxylic acids is 2. The van der Waals surface area contributed by atoms with Crippen molar-refractivity contribution in [3.05, 3.63) is 0 Å². The molecular formula is C22H40O4. The molecule has 0 radical (unpaired) electrons. The molecule has 0 aromatic rings. The highest BCUT2D eigenvalue weighted by atomic mass is 16.4. The topological polar surface area (TPSA) is 74.6 Å². The lowest BCUT2D eigenvalue weighted by Crippen LogP contribution is -2.44. The molecule has 4 nitrogen and oxygen atoms in total. The van der Waals surface area contributed by atoms with E-state index in [2.05, 4.69) is 6.92 Å². The van der Waals surface area contributed by atoms with Gasteiger partial charge in [0.1, 0.15) is 0 Å². The van der Waals surface area contributed by atoms with Crippen LogP contribution in [0.25, 0.3) is 0 Å². The van der Waals surface area contributed by atoms with E-state index in [1.54, 1.807) is 0 Å². The van der Waals surface area contributed by atoms with Crippen molar-refractivity contribution in [3.8, 4) is 0 Å². The Kier molecular flexibility index (Phi) is 11.6. The summed E-state index contributed by atoms with van der Waals surface area (Å²) in [6.45, 7) is 2.24. The minimum Gasteiger partial charge on any atom is -0.481 e. The van der Waals surface area contributed by atoms with Gasteiger partial charge in [0.15, 0.2) is 0 Å². The number of hydrogen-bond donors (Lipinski definition) is 2. The normalized spacial score (nSPS) is 23.0.